The Morgan fingerprint density at radius 2 is 0.701 bits per heavy atom. The third-order valence-corrected chi connectivity index (χ3v) is 12.3. The summed E-state index contributed by atoms with van der Waals surface area (Å²) in [6, 6.07) is 27.1. The highest BCUT2D eigenvalue weighted by Gasteiger charge is 2.25. The molecule has 5 fully saturated rings. The summed E-state index contributed by atoms with van der Waals surface area (Å²) in [4.78, 5) is 47.3. The van der Waals surface area contributed by atoms with Gasteiger partial charge in [0.2, 0.25) is 17.5 Å². The molecule has 10 rings (SSSR count). The smallest absolute Gasteiger partial charge is 0.306 e. The van der Waals surface area contributed by atoms with Gasteiger partial charge in [0.1, 0.15) is 5.69 Å². The molecule has 0 saturated carbocycles. The molecule has 0 aromatic heterocycles. The van der Waals surface area contributed by atoms with E-state index < -0.39 is 49.3 Å². The van der Waals surface area contributed by atoms with Crippen LogP contribution in [0.4, 0.5) is 64.4 Å². The van der Waals surface area contributed by atoms with E-state index in [0.717, 1.165) is 70.0 Å². The van der Waals surface area contributed by atoms with E-state index in [1.807, 2.05) is 29.2 Å². The second-order valence-corrected chi connectivity index (χ2v) is 17.5. The minimum absolute atomic E-state index is 0.103. The van der Waals surface area contributed by atoms with Crippen molar-refractivity contribution >= 4 is 67.1 Å². The molecule has 0 bridgehead atoms. The number of nitro groups is 4. The average molecular weight is 1150 g/mol. The molecule has 0 aliphatic carbocycles. The molecule has 5 heterocycles. The van der Waals surface area contributed by atoms with E-state index in [4.69, 9.17) is 29.4 Å². The highest BCUT2D eigenvalue weighted by atomic mass is 79.9. The predicted octanol–water partition coefficient (Wildman–Crippen LogP) is 7.78. The lowest BCUT2D eigenvalue weighted by Crippen LogP contribution is -2.36. The summed E-state index contributed by atoms with van der Waals surface area (Å²) >= 11 is 2.83. The van der Waals surface area contributed by atoms with Crippen LogP contribution in [0.1, 0.15) is 0 Å². The van der Waals surface area contributed by atoms with E-state index in [2.05, 4.69) is 32.2 Å². The van der Waals surface area contributed by atoms with Crippen molar-refractivity contribution in [1.82, 2.24) is 5.32 Å². The molecule has 416 valence electrons. The number of nitro benzene ring substituents is 4. The maximum Gasteiger partial charge on any atom is 0.306 e. The molecule has 5 saturated heterocycles. The van der Waals surface area contributed by atoms with Crippen LogP contribution in [0.25, 0.3) is 0 Å². The number of hydrogen-bond acceptors (Lipinski definition) is 19. The van der Waals surface area contributed by atoms with E-state index in [1.165, 1.54) is 42.5 Å². The fourth-order valence-corrected chi connectivity index (χ4v) is 8.17. The third kappa shape index (κ3) is 19.1. The average Bonchev–Trinajstić information content (AvgIpc) is 3.46. The Morgan fingerprint density at radius 1 is 0.403 bits per heavy atom. The molecule has 5 aromatic rings. The molecule has 3 N–H and O–H groups in total. The summed E-state index contributed by atoms with van der Waals surface area (Å²) in [6.07, 6.45) is 0. The fraction of sp³-hybridized carbons (Fsp3) is 0.400. The number of nitrogen functional groups attached to an aromatic ring is 1. The van der Waals surface area contributed by atoms with E-state index in [9.17, 15) is 53.6 Å². The first-order chi connectivity index (χ1) is 37.2. The maximum atomic E-state index is 13.8. The number of nitrogens with one attached hydrogen (secondary N) is 1. The van der Waals surface area contributed by atoms with Crippen LogP contribution in [-0.2, 0) is 23.7 Å². The number of ether oxygens (including phenoxy) is 5. The number of rotatable bonds is 8. The first-order valence-corrected chi connectivity index (χ1v) is 25.1. The van der Waals surface area contributed by atoms with Gasteiger partial charge in [-0.25, -0.2) is 0 Å². The van der Waals surface area contributed by atoms with Crippen LogP contribution in [-0.4, -0.2) is 151 Å². The summed E-state index contributed by atoms with van der Waals surface area (Å²) in [5.41, 5.74) is 7.77. The van der Waals surface area contributed by atoms with Crippen LogP contribution in [0.2, 0.25) is 0 Å². The molecule has 5 aliphatic rings. The minimum atomic E-state index is -0.836. The summed E-state index contributed by atoms with van der Waals surface area (Å²) in [6.45, 7) is 14.3. The normalized spacial score (nSPS) is 16.1. The van der Waals surface area contributed by atoms with Gasteiger partial charge in [0.15, 0.2) is 0 Å². The lowest BCUT2D eigenvalue weighted by molar-refractivity contribution is -0.387. The maximum absolute atomic E-state index is 13.8. The fourth-order valence-electron chi connectivity index (χ4n) is 7.81. The van der Waals surface area contributed by atoms with Crippen molar-refractivity contribution in [3.8, 4) is 0 Å². The van der Waals surface area contributed by atoms with Gasteiger partial charge in [0.25, 0.3) is 5.69 Å². The lowest BCUT2D eigenvalue weighted by atomic mass is 10.2. The third-order valence-electron chi connectivity index (χ3n) is 11.7. The first kappa shape index (κ1) is 60.6. The van der Waals surface area contributed by atoms with Crippen molar-refractivity contribution in [3.05, 3.63) is 166 Å². The van der Waals surface area contributed by atoms with E-state index in [-0.39, 0.29) is 26.5 Å². The Morgan fingerprint density at radius 3 is 1.05 bits per heavy atom. The largest absolute Gasteiger partial charge is 0.397 e. The summed E-state index contributed by atoms with van der Waals surface area (Å²) < 4.78 is 66.2. The van der Waals surface area contributed by atoms with Crippen LogP contribution in [0.5, 0.6) is 0 Å². The first-order valence-electron chi connectivity index (χ1n) is 24.3. The Labute approximate surface area is 449 Å². The van der Waals surface area contributed by atoms with Gasteiger partial charge in [-0.2, -0.15) is 13.2 Å². The molecule has 23 nitrogen and oxygen atoms in total. The second-order valence-electron chi connectivity index (χ2n) is 16.6. The van der Waals surface area contributed by atoms with Crippen molar-refractivity contribution < 1.29 is 56.5 Å². The Hall–Kier alpha value is -7.27. The highest BCUT2D eigenvalue weighted by Crippen LogP contribution is 2.31. The molecule has 5 aromatic carbocycles. The number of para-hydroxylation sites is 4. The molecule has 0 spiro atoms. The van der Waals surface area contributed by atoms with Crippen molar-refractivity contribution in [2.24, 2.45) is 0 Å². The molecule has 0 amide bonds. The number of halogens is 4. The van der Waals surface area contributed by atoms with Gasteiger partial charge < -0.3 is 54.3 Å². The molecule has 27 heteroatoms. The van der Waals surface area contributed by atoms with Crippen LogP contribution in [0.15, 0.2) is 108 Å². The molecule has 0 radical (unpaired) electrons. The number of nitrogens with zero attached hydrogens (tertiary/aromatic N) is 8. The van der Waals surface area contributed by atoms with Crippen molar-refractivity contribution in [2.45, 2.75) is 0 Å². The van der Waals surface area contributed by atoms with Gasteiger partial charge in [0.05, 0.1) is 113 Å². The van der Waals surface area contributed by atoms with Crippen LogP contribution in [0.3, 0.4) is 0 Å². The summed E-state index contributed by atoms with van der Waals surface area (Å²) in [7, 11) is 0. The van der Waals surface area contributed by atoms with Crippen LogP contribution in [0, 0.1) is 57.9 Å². The van der Waals surface area contributed by atoms with Gasteiger partial charge in [-0.05, 0) is 52.3 Å². The Kier molecular flexibility index (Phi) is 25.5. The number of anilines is 5. The quantitative estimate of drug-likeness (QED) is 0.0852. The molecule has 5 aliphatic heterocycles. The number of hydrogen-bond donors (Lipinski definition) is 2. The summed E-state index contributed by atoms with van der Waals surface area (Å²) in [5, 5.41) is 45.2. The number of nitrogens with two attached hydrogens (primary N) is 1. The van der Waals surface area contributed by atoms with Gasteiger partial charge in [0, 0.05) is 89.7 Å². The Balaban J connectivity index is 0.000000174. The molecular formula is C50H60BrF3N10O13. The zero-order chi connectivity index (χ0) is 55.5. The zero-order valence-electron chi connectivity index (χ0n) is 41.9. The zero-order valence-corrected chi connectivity index (χ0v) is 43.5. The Bertz CT molecular complexity index is 2590. The summed E-state index contributed by atoms with van der Waals surface area (Å²) in [5.74, 6) is -2.37. The molecule has 77 heavy (non-hydrogen) atoms. The van der Waals surface area contributed by atoms with E-state index >= 15 is 0 Å². The molecular weight excluding hydrogens is 1090 g/mol. The SMILES string of the molecule is C1COCCN1.Nc1ccccc1N1CCOCC1.O=[N+]([O-])c1cccc(Br)c1F.O=[N+]([O-])c1cccc(N2CCOCC2)c1F.O=[N+]([O-])c1cccc(N2CCOCC2)c1F.O=[N+]([O-])c1ccccc1N1CCOCC1. The van der Waals surface area contributed by atoms with E-state index in [1.54, 1.807) is 34.1 Å². The van der Waals surface area contributed by atoms with Crippen molar-refractivity contribution in [1.29, 1.82) is 0 Å². The molecule has 0 atom stereocenters. The second kappa shape index (κ2) is 32.3. The number of benzene rings is 5. The molecule has 0 unspecified atom stereocenters. The topological polar surface area (TPSA) is 270 Å². The highest BCUT2D eigenvalue weighted by molar-refractivity contribution is 9.10. The van der Waals surface area contributed by atoms with Gasteiger partial charge in [-0.1, -0.05) is 42.5 Å². The monoisotopic (exact) mass is 1140 g/mol. The lowest BCUT2D eigenvalue weighted by Gasteiger charge is -2.29. The predicted molar refractivity (Wildman–Crippen MR) is 287 cm³/mol. The van der Waals surface area contributed by atoms with Gasteiger partial charge >= 0.3 is 17.1 Å². The number of morpholine rings is 5. The standard InChI is InChI=1S/2C10H11FN2O3.C10H12N2O3.C10H14N2O.C6H3BrFNO2.C4H9NO/c2*11-10-8(12-4-6-16-7-5-12)2-1-3-9(10)13(14)15;13-12(14)10-4-2-1-3-9(10)11-5-7-15-8-6-11;11-9-3-1-2-4-10(9)12-5-7-13-8-6-12;7-4-2-1-3-5(6(4)8)9(10)11;1-3-6-4-2-5-1/h2*1-3H,4-7H2;1-4H,5-8H2;1-4H,5-8,11H2;1-3H;5H,1-4H2. The van der Waals surface area contributed by atoms with Crippen molar-refractivity contribution in [2.75, 3.05) is 157 Å². The van der Waals surface area contributed by atoms with Gasteiger partial charge in [-0.15, -0.1) is 0 Å². The minimum Gasteiger partial charge on any atom is -0.397 e. The van der Waals surface area contributed by atoms with Crippen LogP contribution >= 0.6 is 15.9 Å². The van der Waals surface area contributed by atoms with Gasteiger partial charge in [-0.3, -0.25) is 40.5 Å². The van der Waals surface area contributed by atoms with E-state index in [0.29, 0.717) is 84.6 Å². The van der Waals surface area contributed by atoms with Crippen molar-refractivity contribution in [3.63, 3.8) is 0 Å². The van der Waals surface area contributed by atoms with Crippen LogP contribution < -0.4 is 30.7 Å².